The van der Waals surface area contributed by atoms with Gasteiger partial charge in [0.15, 0.2) is 5.96 Å². The van der Waals surface area contributed by atoms with Crippen LogP contribution in [-0.4, -0.2) is 31.5 Å². The first-order valence-corrected chi connectivity index (χ1v) is 9.10. The number of carbonyl (C=O) groups excluding carboxylic acids is 1. The Hall–Kier alpha value is -2.09. The first-order valence-electron chi connectivity index (χ1n) is 9.10. The zero-order chi connectivity index (χ0) is 18.6. The van der Waals surface area contributed by atoms with Crippen molar-refractivity contribution in [2.75, 3.05) is 19.6 Å². The zero-order valence-electron chi connectivity index (χ0n) is 16.0. The van der Waals surface area contributed by atoms with E-state index in [-0.39, 0.29) is 29.9 Å². The Morgan fingerprint density at radius 3 is 2.41 bits per heavy atom. The summed E-state index contributed by atoms with van der Waals surface area (Å²) < 4.78 is 0. The van der Waals surface area contributed by atoms with Gasteiger partial charge in [0.25, 0.3) is 5.91 Å². The smallest absolute Gasteiger partial charge is 0.251 e. The Morgan fingerprint density at radius 1 is 0.963 bits per heavy atom. The van der Waals surface area contributed by atoms with E-state index in [9.17, 15) is 4.79 Å². The highest BCUT2D eigenvalue weighted by atomic mass is 127. The van der Waals surface area contributed by atoms with Gasteiger partial charge in [-0.05, 0) is 38.0 Å². The van der Waals surface area contributed by atoms with Gasteiger partial charge >= 0.3 is 0 Å². The van der Waals surface area contributed by atoms with Crippen molar-refractivity contribution >= 4 is 35.8 Å². The number of rotatable bonds is 8. The highest BCUT2D eigenvalue weighted by molar-refractivity contribution is 14.0. The monoisotopic (exact) mass is 480 g/mol. The Bertz CT molecular complexity index is 719. The van der Waals surface area contributed by atoms with E-state index in [1.807, 2.05) is 37.3 Å². The summed E-state index contributed by atoms with van der Waals surface area (Å²) in [7, 11) is 0. The van der Waals surface area contributed by atoms with Crippen LogP contribution in [0.1, 0.15) is 34.8 Å². The average molecular weight is 480 g/mol. The van der Waals surface area contributed by atoms with E-state index < -0.39 is 0 Å². The van der Waals surface area contributed by atoms with E-state index in [1.165, 1.54) is 11.1 Å². The molecular weight excluding hydrogens is 451 g/mol. The van der Waals surface area contributed by atoms with Crippen LogP contribution in [-0.2, 0) is 6.54 Å². The number of halogens is 1. The number of guanidine groups is 1. The predicted molar refractivity (Wildman–Crippen MR) is 123 cm³/mol. The van der Waals surface area contributed by atoms with Gasteiger partial charge in [-0.2, -0.15) is 0 Å². The maximum absolute atomic E-state index is 12.0. The van der Waals surface area contributed by atoms with Crippen LogP contribution in [0.4, 0.5) is 0 Å². The van der Waals surface area contributed by atoms with Gasteiger partial charge in [-0.1, -0.05) is 48.0 Å². The van der Waals surface area contributed by atoms with Gasteiger partial charge < -0.3 is 16.0 Å². The second-order valence-corrected chi connectivity index (χ2v) is 6.09. The van der Waals surface area contributed by atoms with E-state index in [4.69, 9.17) is 0 Å². The SMILES string of the molecule is CCNC(=NCc1cccc(C)c1)NCCCNC(=O)c1ccccc1.I. The maximum atomic E-state index is 12.0. The number of nitrogens with one attached hydrogen (secondary N) is 3. The van der Waals surface area contributed by atoms with Crippen LogP contribution < -0.4 is 16.0 Å². The lowest BCUT2D eigenvalue weighted by Gasteiger charge is -2.12. The lowest BCUT2D eigenvalue weighted by Crippen LogP contribution is -2.38. The number of nitrogens with zero attached hydrogens (tertiary/aromatic N) is 1. The average Bonchev–Trinajstić information content (AvgIpc) is 2.66. The lowest BCUT2D eigenvalue weighted by atomic mass is 10.1. The molecule has 0 aromatic heterocycles. The van der Waals surface area contributed by atoms with Crippen molar-refractivity contribution in [2.45, 2.75) is 26.8 Å². The minimum Gasteiger partial charge on any atom is -0.357 e. The molecule has 0 heterocycles. The third-order valence-electron chi connectivity index (χ3n) is 3.81. The van der Waals surface area contributed by atoms with Gasteiger partial charge in [0.05, 0.1) is 6.54 Å². The van der Waals surface area contributed by atoms with E-state index in [1.54, 1.807) is 0 Å². The van der Waals surface area contributed by atoms with Gasteiger partial charge in [0, 0.05) is 25.2 Å². The molecule has 0 aliphatic rings. The molecule has 0 spiro atoms. The van der Waals surface area contributed by atoms with Crippen LogP contribution >= 0.6 is 24.0 Å². The van der Waals surface area contributed by atoms with Crippen molar-refractivity contribution in [1.82, 2.24) is 16.0 Å². The predicted octanol–water partition coefficient (Wildman–Crippen LogP) is 3.49. The summed E-state index contributed by atoms with van der Waals surface area (Å²) in [5.74, 6) is 0.758. The zero-order valence-corrected chi connectivity index (χ0v) is 18.3. The second-order valence-electron chi connectivity index (χ2n) is 6.09. The molecule has 3 N–H and O–H groups in total. The Kier molecular flexibility index (Phi) is 11.2. The summed E-state index contributed by atoms with van der Waals surface area (Å²) in [6, 6.07) is 17.6. The van der Waals surface area contributed by atoms with Crippen LogP contribution in [0, 0.1) is 6.92 Å². The largest absolute Gasteiger partial charge is 0.357 e. The number of benzene rings is 2. The fourth-order valence-corrected chi connectivity index (χ4v) is 2.51. The molecule has 27 heavy (non-hydrogen) atoms. The molecule has 146 valence electrons. The molecule has 0 saturated carbocycles. The Labute approximate surface area is 179 Å². The summed E-state index contributed by atoms with van der Waals surface area (Å²) >= 11 is 0. The van der Waals surface area contributed by atoms with Crippen molar-refractivity contribution in [3.8, 4) is 0 Å². The van der Waals surface area contributed by atoms with Crippen molar-refractivity contribution in [1.29, 1.82) is 0 Å². The van der Waals surface area contributed by atoms with Crippen LogP contribution in [0.5, 0.6) is 0 Å². The van der Waals surface area contributed by atoms with Crippen LogP contribution in [0.15, 0.2) is 59.6 Å². The molecule has 0 unspecified atom stereocenters. The lowest BCUT2D eigenvalue weighted by molar-refractivity contribution is 0.0953. The van der Waals surface area contributed by atoms with Crippen LogP contribution in [0.2, 0.25) is 0 Å². The van der Waals surface area contributed by atoms with E-state index in [0.717, 1.165) is 25.5 Å². The van der Waals surface area contributed by atoms with E-state index in [2.05, 4.69) is 52.1 Å². The third-order valence-corrected chi connectivity index (χ3v) is 3.81. The topological polar surface area (TPSA) is 65.5 Å². The van der Waals surface area contributed by atoms with Crippen LogP contribution in [0.25, 0.3) is 0 Å². The maximum Gasteiger partial charge on any atom is 0.251 e. The number of hydrogen-bond acceptors (Lipinski definition) is 2. The van der Waals surface area contributed by atoms with Gasteiger partial charge in [-0.15, -0.1) is 24.0 Å². The minimum absolute atomic E-state index is 0. The fourth-order valence-electron chi connectivity index (χ4n) is 2.51. The summed E-state index contributed by atoms with van der Waals surface area (Å²) in [6.07, 6.45) is 0.827. The van der Waals surface area contributed by atoms with Crippen molar-refractivity contribution in [2.24, 2.45) is 4.99 Å². The first kappa shape index (κ1) is 23.0. The molecule has 0 saturated heterocycles. The highest BCUT2D eigenvalue weighted by Gasteiger charge is 2.03. The number of aliphatic imine (C=N–C) groups is 1. The highest BCUT2D eigenvalue weighted by Crippen LogP contribution is 2.05. The molecular formula is C21H29IN4O. The molecule has 2 aromatic carbocycles. The molecule has 2 rings (SSSR count). The van der Waals surface area contributed by atoms with E-state index >= 15 is 0 Å². The molecule has 5 nitrogen and oxygen atoms in total. The summed E-state index contributed by atoms with van der Waals surface area (Å²) in [6.45, 7) is 6.95. The number of carbonyl (C=O) groups is 1. The first-order chi connectivity index (χ1) is 12.7. The molecule has 6 heteroatoms. The molecule has 0 atom stereocenters. The fraction of sp³-hybridized carbons (Fsp3) is 0.333. The number of amides is 1. The Morgan fingerprint density at radius 2 is 1.70 bits per heavy atom. The summed E-state index contributed by atoms with van der Waals surface area (Å²) in [5, 5.41) is 9.48. The van der Waals surface area contributed by atoms with Crippen LogP contribution in [0.3, 0.4) is 0 Å². The van der Waals surface area contributed by atoms with Crippen molar-refractivity contribution < 1.29 is 4.79 Å². The van der Waals surface area contributed by atoms with Gasteiger partial charge in [0.1, 0.15) is 0 Å². The summed E-state index contributed by atoms with van der Waals surface area (Å²) in [5.41, 5.74) is 3.12. The number of hydrogen-bond donors (Lipinski definition) is 3. The quantitative estimate of drug-likeness (QED) is 0.235. The summed E-state index contributed by atoms with van der Waals surface area (Å²) in [4.78, 5) is 16.6. The van der Waals surface area contributed by atoms with E-state index in [0.29, 0.717) is 18.7 Å². The molecule has 1 amide bonds. The number of aryl methyl sites for hydroxylation is 1. The Balaban J connectivity index is 0.00000364. The molecule has 0 aliphatic heterocycles. The van der Waals surface area contributed by atoms with Crippen molar-refractivity contribution in [3.63, 3.8) is 0 Å². The third kappa shape index (κ3) is 8.90. The van der Waals surface area contributed by atoms with Gasteiger partial charge in [-0.3, -0.25) is 4.79 Å². The standard InChI is InChI=1S/C21H28N4O.HI/c1-3-22-21(25-16-18-10-7-9-17(2)15-18)24-14-8-13-23-20(26)19-11-5-4-6-12-19;/h4-7,9-12,15H,3,8,13-14,16H2,1-2H3,(H,23,26)(H2,22,24,25);1H. The molecule has 0 fully saturated rings. The van der Waals surface area contributed by atoms with Crippen molar-refractivity contribution in [3.05, 3.63) is 71.3 Å². The second kappa shape index (κ2) is 13.1. The minimum atomic E-state index is -0.0365. The van der Waals surface area contributed by atoms with Gasteiger partial charge in [0.2, 0.25) is 0 Å². The molecule has 0 radical (unpaired) electrons. The van der Waals surface area contributed by atoms with Gasteiger partial charge in [-0.25, -0.2) is 4.99 Å². The molecule has 0 bridgehead atoms. The normalized spacial score (nSPS) is 10.7. The molecule has 2 aromatic rings. The molecule has 0 aliphatic carbocycles.